The van der Waals surface area contributed by atoms with E-state index in [9.17, 15) is 0 Å². The first kappa shape index (κ1) is 14.6. The largest absolute Gasteiger partial charge is 0.369 e. The fourth-order valence-corrected chi connectivity index (χ4v) is 3.56. The lowest BCUT2D eigenvalue weighted by molar-refractivity contribution is 0.222. The molecule has 1 heterocycles. The molecule has 1 aromatic heterocycles. The number of fused-ring (bicyclic) bond motifs is 1. The molecule has 0 saturated heterocycles. The van der Waals surface area contributed by atoms with Gasteiger partial charge in [0.25, 0.3) is 0 Å². The second kappa shape index (κ2) is 4.65. The zero-order valence-corrected chi connectivity index (χ0v) is 14.4. The van der Waals surface area contributed by atoms with Gasteiger partial charge in [0.15, 0.2) is 0 Å². The summed E-state index contributed by atoms with van der Waals surface area (Å²) < 4.78 is 3.35. The van der Waals surface area contributed by atoms with E-state index in [1.54, 1.807) is 0 Å². The first-order valence-electron chi connectivity index (χ1n) is 6.54. The second-order valence-corrected chi connectivity index (χ2v) is 8.23. The highest BCUT2D eigenvalue weighted by Crippen LogP contribution is 2.36. The Bertz CT molecular complexity index is 606. The number of nitrogen functional groups attached to an aromatic ring is 1. The fourth-order valence-electron chi connectivity index (χ4n) is 3.09. The van der Waals surface area contributed by atoms with Crippen molar-refractivity contribution in [1.82, 2.24) is 9.55 Å². The number of rotatable bonds is 2. The number of benzene rings is 1. The third-order valence-electron chi connectivity index (χ3n) is 3.21. The molecule has 2 N–H and O–H groups in total. The van der Waals surface area contributed by atoms with Crippen LogP contribution in [0.3, 0.4) is 0 Å². The Hall–Kier alpha value is -0.780. The summed E-state index contributed by atoms with van der Waals surface area (Å²) in [5.41, 5.74) is 8.45. The molecular formula is C15H22IN3. The average molecular weight is 371 g/mol. The summed E-state index contributed by atoms with van der Waals surface area (Å²) in [6.45, 7) is 11.2. The van der Waals surface area contributed by atoms with Crippen molar-refractivity contribution in [2.75, 3.05) is 5.73 Å². The fraction of sp³-hybridized carbons (Fsp3) is 0.533. The molecule has 0 amide bonds. The Kier molecular flexibility index (Phi) is 3.58. The Labute approximate surface area is 128 Å². The molecule has 0 atom stereocenters. The third-order valence-corrected chi connectivity index (χ3v) is 3.88. The van der Waals surface area contributed by atoms with Crippen LogP contribution in [0.25, 0.3) is 11.0 Å². The molecule has 0 fully saturated rings. The summed E-state index contributed by atoms with van der Waals surface area (Å²) in [7, 11) is 0. The summed E-state index contributed by atoms with van der Waals surface area (Å²) in [6, 6.07) is 6.30. The van der Waals surface area contributed by atoms with Crippen molar-refractivity contribution >= 4 is 39.6 Å². The number of nitrogens with two attached hydrogens (primary N) is 1. The van der Waals surface area contributed by atoms with Gasteiger partial charge in [-0.05, 0) is 66.5 Å². The minimum absolute atomic E-state index is 0.0517. The van der Waals surface area contributed by atoms with Crippen LogP contribution >= 0.6 is 22.6 Å². The van der Waals surface area contributed by atoms with Crippen molar-refractivity contribution < 1.29 is 0 Å². The number of hydrogen-bond donors (Lipinski definition) is 1. The second-order valence-electron chi connectivity index (χ2n) is 6.99. The number of imidazole rings is 1. The topological polar surface area (TPSA) is 43.8 Å². The van der Waals surface area contributed by atoms with E-state index in [1.165, 1.54) is 3.57 Å². The van der Waals surface area contributed by atoms with E-state index < -0.39 is 0 Å². The Morgan fingerprint density at radius 3 is 2.42 bits per heavy atom. The van der Waals surface area contributed by atoms with E-state index in [4.69, 9.17) is 5.73 Å². The molecule has 3 nitrogen and oxygen atoms in total. The number of halogens is 1. The predicted octanol–water partition coefficient (Wildman–Crippen LogP) is 4.39. The lowest BCUT2D eigenvalue weighted by Gasteiger charge is -2.34. The van der Waals surface area contributed by atoms with Crippen LogP contribution in [0.2, 0.25) is 0 Å². The summed E-state index contributed by atoms with van der Waals surface area (Å²) in [4.78, 5) is 4.51. The molecule has 4 heteroatoms. The molecule has 0 aliphatic heterocycles. The maximum Gasteiger partial charge on any atom is 0.201 e. The van der Waals surface area contributed by atoms with Crippen LogP contribution in [0.1, 0.15) is 41.0 Å². The van der Waals surface area contributed by atoms with Gasteiger partial charge in [0.05, 0.1) is 11.0 Å². The van der Waals surface area contributed by atoms with E-state index >= 15 is 0 Å². The molecule has 0 bridgehead atoms. The summed E-state index contributed by atoms with van der Waals surface area (Å²) in [5, 5.41) is 0. The Morgan fingerprint density at radius 1 is 1.21 bits per heavy atom. The quantitative estimate of drug-likeness (QED) is 0.796. The van der Waals surface area contributed by atoms with Crippen molar-refractivity contribution in [2.24, 2.45) is 5.41 Å². The van der Waals surface area contributed by atoms with Gasteiger partial charge in [-0.1, -0.05) is 20.8 Å². The smallest absolute Gasteiger partial charge is 0.201 e. The first-order chi connectivity index (χ1) is 8.60. The SMILES string of the molecule is CC(C)(C)CC(C)(C)n1c(N)nc2cc(I)ccc21. The van der Waals surface area contributed by atoms with Crippen LogP contribution < -0.4 is 5.73 Å². The Balaban J connectivity index is 2.58. The van der Waals surface area contributed by atoms with E-state index in [0.29, 0.717) is 5.95 Å². The number of hydrogen-bond acceptors (Lipinski definition) is 2. The van der Waals surface area contributed by atoms with Crippen molar-refractivity contribution in [1.29, 1.82) is 0 Å². The van der Waals surface area contributed by atoms with Crippen LogP contribution in [0.4, 0.5) is 5.95 Å². The lowest BCUT2D eigenvalue weighted by Crippen LogP contribution is -2.32. The zero-order valence-electron chi connectivity index (χ0n) is 12.3. The molecule has 104 valence electrons. The van der Waals surface area contributed by atoms with Crippen LogP contribution in [0.15, 0.2) is 18.2 Å². The molecule has 2 aromatic rings. The van der Waals surface area contributed by atoms with Gasteiger partial charge in [-0.3, -0.25) is 0 Å². The monoisotopic (exact) mass is 371 g/mol. The molecule has 0 unspecified atom stereocenters. The van der Waals surface area contributed by atoms with E-state index in [1.807, 2.05) is 0 Å². The van der Waals surface area contributed by atoms with Crippen molar-refractivity contribution in [3.05, 3.63) is 21.8 Å². The normalized spacial score (nSPS) is 13.2. The standard InChI is InChI=1S/C15H22IN3/c1-14(2,3)9-15(4,5)19-12-7-6-10(16)8-11(12)18-13(19)17/h6-8H,9H2,1-5H3,(H2,17,18). The number of aromatic nitrogens is 2. The molecule has 0 saturated carbocycles. The van der Waals surface area contributed by atoms with E-state index in [0.717, 1.165) is 17.5 Å². The van der Waals surface area contributed by atoms with Crippen molar-refractivity contribution in [2.45, 2.75) is 46.6 Å². The van der Waals surface area contributed by atoms with Gasteiger partial charge in [0.1, 0.15) is 0 Å². The molecule has 1 aromatic carbocycles. The molecule has 0 aliphatic carbocycles. The molecule has 0 aliphatic rings. The lowest BCUT2D eigenvalue weighted by atomic mass is 9.81. The Morgan fingerprint density at radius 2 is 1.84 bits per heavy atom. The van der Waals surface area contributed by atoms with Crippen molar-refractivity contribution in [3.8, 4) is 0 Å². The number of anilines is 1. The zero-order chi connectivity index (χ0) is 14.4. The summed E-state index contributed by atoms with van der Waals surface area (Å²) in [5.74, 6) is 0.603. The molecule has 19 heavy (non-hydrogen) atoms. The molecule has 0 spiro atoms. The highest BCUT2D eigenvalue weighted by atomic mass is 127. The molecule has 2 rings (SSSR count). The molecule has 0 radical (unpaired) electrons. The van der Waals surface area contributed by atoms with Crippen LogP contribution in [0, 0.1) is 8.99 Å². The van der Waals surface area contributed by atoms with Gasteiger partial charge in [0.2, 0.25) is 5.95 Å². The van der Waals surface area contributed by atoms with Gasteiger partial charge in [-0.2, -0.15) is 0 Å². The first-order valence-corrected chi connectivity index (χ1v) is 7.62. The average Bonchev–Trinajstić information content (AvgIpc) is 2.49. The van der Waals surface area contributed by atoms with Gasteiger partial charge in [-0.25, -0.2) is 4.98 Å². The maximum absolute atomic E-state index is 6.16. The molecular weight excluding hydrogens is 349 g/mol. The minimum atomic E-state index is -0.0517. The highest BCUT2D eigenvalue weighted by molar-refractivity contribution is 14.1. The van der Waals surface area contributed by atoms with Crippen molar-refractivity contribution in [3.63, 3.8) is 0 Å². The van der Waals surface area contributed by atoms with Gasteiger partial charge in [-0.15, -0.1) is 0 Å². The van der Waals surface area contributed by atoms with Crippen LogP contribution in [-0.2, 0) is 5.54 Å². The van der Waals surface area contributed by atoms with E-state index in [-0.39, 0.29) is 11.0 Å². The van der Waals surface area contributed by atoms with Gasteiger partial charge >= 0.3 is 0 Å². The van der Waals surface area contributed by atoms with Crippen LogP contribution in [0.5, 0.6) is 0 Å². The predicted molar refractivity (Wildman–Crippen MR) is 90.3 cm³/mol. The summed E-state index contributed by atoms with van der Waals surface area (Å²) in [6.07, 6.45) is 1.04. The minimum Gasteiger partial charge on any atom is -0.369 e. The van der Waals surface area contributed by atoms with Gasteiger partial charge in [0, 0.05) is 9.11 Å². The van der Waals surface area contributed by atoms with E-state index in [2.05, 4.69) is 85.0 Å². The summed E-state index contributed by atoms with van der Waals surface area (Å²) >= 11 is 2.30. The highest BCUT2D eigenvalue weighted by Gasteiger charge is 2.30. The number of nitrogens with zero attached hydrogens (tertiary/aromatic N) is 2. The maximum atomic E-state index is 6.16. The van der Waals surface area contributed by atoms with Gasteiger partial charge < -0.3 is 10.3 Å². The third kappa shape index (κ3) is 3.04. The van der Waals surface area contributed by atoms with Crippen LogP contribution in [-0.4, -0.2) is 9.55 Å².